The van der Waals surface area contributed by atoms with Crippen LogP contribution in [-0.4, -0.2) is 8.42 Å². The van der Waals surface area contributed by atoms with Crippen molar-refractivity contribution in [1.29, 1.82) is 0 Å². The van der Waals surface area contributed by atoms with E-state index in [1.165, 1.54) is 12.1 Å². The molecule has 0 aliphatic rings. The molecule has 12 heavy (non-hydrogen) atoms. The third-order valence-electron chi connectivity index (χ3n) is 1.22. The summed E-state index contributed by atoms with van der Waals surface area (Å²) in [4.78, 5) is 0.134. The Labute approximate surface area is 92.7 Å². The van der Waals surface area contributed by atoms with Gasteiger partial charge >= 0.3 is 0 Å². The predicted molar refractivity (Wildman–Crippen MR) is 58.2 cm³/mol. The normalized spacial score (nSPS) is 11.6. The number of primary sulfonamides is 1. The highest BCUT2D eigenvalue weighted by Gasteiger charge is 2.08. The maximum atomic E-state index is 10.9. The van der Waals surface area contributed by atoms with Gasteiger partial charge in [0.2, 0.25) is 10.0 Å². The highest BCUT2D eigenvalue weighted by Crippen LogP contribution is 2.21. The molecule has 0 unspecified atom stereocenters. The summed E-state index contributed by atoms with van der Waals surface area (Å²) in [5, 5.41) is 4.93. The van der Waals surface area contributed by atoms with E-state index in [0.717, 1.165) is 8.04 Å². The van der Waals surface area contributed by atoms with Crippen LogP contribution in [0.15, 0.2) is 27.6 Å². The average molecular weight is 362 g/mol. The van der Waals surface area contributed by atoms with E-state index in [2.05, 4.69) is 15.9 Å². The summed E-state index contributed by atoms with van der Waals surface area (Å²) in [7, 11) is -3.57. The summed E-state index contributed by atoms with van der Waals surface area (Å²) in [5.74, 6) is 0. The molecular weight excluding hydrogens is 357 g/mol. The molecule has 0 saturated carbocycles. The van der Waals surface area contributed by atoms with Gasteiger partial charge in [0.25, 0.3) is 0 Å². The van der Waals surface area contributed by atoms with E-state index in [4.69, 9.17) is 5.14 Å². The second kappa shape index (κ2) is 3.60. The Kier molecular flexibility index (Phi) is 3.13. The third kappa shape index (κ3) is 2.41. The average Bonchev–Trinajstić information content (AvgIpc) is 1.92. The Morgan fingerprint density at radius 3 is 2.42 bits per heavy atom. The van der Waals surface area contributed by atoms with Crippen molar-refractivity contribution in [2.75, 3.05) is 0 Å². The first-order valence-electron chi connectivity index (χ1n) is 2.89. The lowest BCUT2D eigenvalue weighted by Crippen LogP contribution is -2.12. The van der Waals surface area contributed by atoms with Crippen LogP contribution in [0.25, 0.3) is 0 Å². The molecule has 0 aromatic heterocycles. The van der Waals surface area contributed by atoms with Crippen molar-refractivity contribution in [3.63, 3.8) is 0 Å². The maximum Gasteiger partial charge on any atom is 0.238 e. The molecule has 0 saturated heterocycles. The fourth-order valence-corrected chi connectivity index (χ4v) is 2.17. The molecule has 66 valence electrons. The number of benzene rings is 1. The molecule has 1 aromatic carbocycles. The lowest BCUT2D eigenvalue weighted by Gasteiger charge is -1.99. The van der Waals surface area contributed by atoms with E-state index >= 15 is 0 Å². The van der Waals surface area contributed by atoms with Crippen LogP contribution in [0, 0.1) is 3.57 Å². The van der Waals surface area contributed by atoms with Crippen molar-refractivity contribution in [2.45, 2.75) is 4.90 Å². The highest BCUT2D eigenvalue weighted by atomic mass is 127. The number of sulfonamides is 1. The number of halogens is 2. The van der Waals surface area contributed by atoms with Gasteiger partial charge in [0.15, 0.2) is 0 Å². The molecule has 0 bridgehead atoms. The number of rotatable bonds is 1. The Bertz CT molecular complexity index is 404. The summed E-state index contributed by atoms with van der Waals surface area (Å²) in [6.07, 6.45) is 0. The zero-order valence-electron chi connectivity index (χ0n) is 5.79. The number of hydrogen-bond acceptors (Lipinski definition) is 2. The molecule has 0 heterocycles. The quantitative estimate of drug-likeness (QED) is 0.774. The lowest BCUT2D eigenvalue weighted by molar-refractivity contribution is 0.597. The van der Waals surface area contributed by atoms with E-state index in [9.17, 15) is 8.42 Å². The molecule has 0 atom stereocenters. The fraction of sp³-hybridized carbons (Fsp3) is 0. The first kappa shape index (κ1) is 10.4. The minimum absolute atomic E-state index is 0.134. The van der Waals surface area contributed by atoms with E-state index < -0.39 is 10.0 Å². The van der Waals surface area contributed by atoms with Crippen LogP contribution in [0.1, 0.15) is 0 Å². The van der Waals surface area contributed by atoms with Gasteiger partial charge in [0.05, 0.1) is 4.90 Å². The monoisotopic (exact) mass is 361 g/mol. The molecule has 2 N–H and O–H groups in total. The van der Waals surface area contributed by atoms with Crippen molar-refractivity contribution in [1.82, 2.24) is 0 Å². The van der Waals surface area contributed by atoms with Gasteiger partial charge in [-0.3, -0.25) is 0 Å². The molecule has 6 heteroatoms. The van der Waals surface area contributed by atoms with Gasteiger partial charge in [-0.05, 0) is 56.7 Å². The van der Waals surface area contributed by atoms with Gasteiger partial charge in [-0.15, -0.1) is 0 Å². The van der Waals surface area contributed by atoms with Gasteiger partial charge in [0, 0.05) is 8.04 Å². The molecule has 0 amide bonds. The Morgan fingerprint density at radius 2 is 2.00 bits per heavy atom. The highest BCUT2D eigenvalue weighted by molar-refractivity contribution is 14.1. The van der Waals surface area contributed by atoms with Gasteiger partial charge in [-0.25, -0.2) is 13.6 Å². The van der Waals surface area contributed by atoms with Crippen LogP contribution in [0.4, 0.5) is 0 Å². The van der Waals surface area contributed by atoms with Crippen LogP contribution in [0.5, 0.6) is 0 Å². The topological polar surface area (TPSA) is 60.2 Å². The first-order valence-corrected chi connectivity index (χ1v) is 6.31. The molecule has 0 aliphatic heterocycles. The molecule has 3 nitrogen and oxygen atoms in total. The number of nitrogens with two attached hydrogens (primary N) is 1. The minimum Gasteiger partial charge on any atom is -0.225 e. The number of hydrogen-bond donors (Lipinski definition) is 1. The maximum absolute atomic E-state index is 10.9. The largest absolute Gasteiger partial charge is 0.238 e. The summed E-state index contributed by atoms with van der Waals surface area (Å²) in [6, 6.07) is 4.63. The van der Waals surface area contributed by atoms with Crippen molar-refractivity contribution in [2.24, 2.45) is 5.14 Å². The summed E-state index contributed by atoms with van der Waals surface area (Å²) in [5.41, 5.74) is 0. The zero-order valence-corrected chi connectivity index (χ0v) is 10.4. The van der Waals surface area contributed by atoms with Gasteiger partial charge in [-0.2, -0.15) is 0 Å². The molecule has 0 aliphatic carbocycles. The van der Waals surface area contributed by atoms with Gasteiger partial charge in [-0.1, -0.05) is 0 Å². The molecule has 0 radical (unpaired) electrons. The molecule has 1 rings (SSSR count). The van der Waals surface area contributed by atoms with Crippen LogP contribution >= 0.6 is 38.5 Å². The second-order valence-corrected chi connectivity index (χ2v) is 5.70. The van der Waals surface area contributed by atoms with Gasteiger partial charge in [0.1, 0.15) is 0 Å². The van der Waals surface area contributed by atoms with Crippen LogP contribution in [0.2, 0.25) is 0 Å². The lowest BCUT2D eigenvalue weighted by atomic mass is 10.4. The van der Waals surface area contributed by atoms with Crippen LogP contribution in [0.3, 0.4) is 0 Å². The van der Waals surface area contributed by atoms with E-state index in [-0.39, 0.29) is 4.90 Å². The third-order valence-corrected chi connectivity index (χ3v) is 4.46. The molecule has 1 aromatic rings. The summed E-state index contributed by atoms with van der Waals surface area (Å²) < 4.78 is 23.4. The first-order chi connectivity index (χ1) is 5.41. The van der Waals surface area contributed by atoms with Crippen LogP contribution < -0.4 is 5.14 Å². The van der Waals surface area contributed by atoms with Crippen molar-refractivity contribution in [3.8, 4) is 0 Å². The fourth-order valence-electron chi connectivity index (χ4n) is 0.654. The Balaban J connectivity index is 3.33. The zero-order chi connectivity index (χ0) is 9.35. The minimum atomic E-state index is -3.57. The van der Waals surface area contributed by atoms with E-state index in [0.29, 0.717) is 0 Å². The van der Waals surface area contributed by atoms with E-state index in [1.807, 2.05) is 22.6 Å². The van der Waals surface area contributed by atoms with Crippen molar-refractivity contribution < 1.29 is 8.42 Å². The van der Waals surface area contributed by atoms with Crippen molar-refractivity contribution >= 4 is 48.5 Å². The van der Waals surface area contributed by atoms with E-state index in [1.54, 1.807) is 6.07 Å². The second-order valence-electron chi connectivity index (χ2n) is 2.12. The van der Waals surface area contributed by atoms with Crippen molar-refractivity contribution in [3.05, 3.63) is 26.2 Å². The Hall–Kier alpha value is 0.340. The smallest absolute Gasteiger partial charge is 0.225 e. The predicted octanol–water partition coefficient (Wildman–Crippen LogP) is 1.70. The van der Waals surface area contributed by atoms with Crippen LogP contribution in [-0.2, 0) is 10.0 Å². The summed E-state index contributed by atoms with van der Waals surface area (Å²) >= 11 is 5.28. The standard InChI is InChI=1S/C6H5BrINO2S/c7-5-2-1-4(3-6(5)8)12(9,10)11/h1-3H,(H2,9,10,11). The summed E-state index contributed by atoms with van der Waals surface area (Å²) in [6.45, 7) is 0. The SMILES string of the molecule is NS(=O)(=O)c1ccc(Br)c(I)c1. The molecule has 0 spiro atoms. The molecular formula is C6H5BrINO2S. The molecule has 0 fully saturated rings. The Morgan fingerprint density at radius 1 is 1.42 bits per heavy atom. The van der Waals surface area contributed by atoms with Gasteiger partial charge < -0.3 is 0 Å².